The van der Waals surface area contributed by atoms with Crippen molar-refractivity contribution in [2.24, 2.45) is 0 Å². The van der Waals surface area contributed by atoms with Gasteiger partial charge in [-0.1, -0.05) is 35.9 Å². The highest BCUT2D eigenvalue weighted by Gasteiger charge is 2.25. The Labute approximate surface area is 168 Å². The third-order valence-corrected chi connectivity index (χ3v) is 5.17. The van der Waals surface area contributed by atoms with E-state index >= 15 is 0 Å². The van der Waals surface area contributed by atoms with Crippen LogP contribution in [0.25, 0.3) is 0 Å². The maximum Gasteiger partial charge on any atom is 0.0703 e. The van der Waals surface area contributed by atoms with Crippen molar-refractivity contribution in [3.05, 3.63) is 64.7 Å². The van der Waals surface area contributed by atoms with Gasteiger partial charge in [-0.25, -0.2) is 0 Å². The average Bonchev–Trinajstić information content (AvgIpc) is 3.24. The van der Waals surface area contributed by atoms with Gasteiger partial charge in [-0.2, -0.15) is 0 Å². The Morgan fingerprint density at radius 1 is 1.08 bits per heavy atom. The highest BCUT2D eigenvalue weighted by atomic mass is 35.5. The van der Waals surface area contributed by atoms with Crippen LogP contribution in [-0.4, -0.2) is 24.2 Å². The second kappa shape index (κ2) is 9.61. The topological polar surface area (TPSA) is 24.5 Å². The number of nitrogens with one attached hydrogen (secondary N) is 1. The molecule has 2 aliphatic heterocycles. The number of nitrogens with zero attached hydrogens (tertiary/aromatic N) is 1. The molecule has 26 heavy (non-hydrogen) atoms. The molecule has 1 N–H and O–H groups in total. The minimum absolute atomic E-state index is 0. The number of fused-ring (bicyclic) bond motifs is 1. The first-order chi connectivity index (χ1) is 11.8. The van der Waals surface area contributed by atoms with Crippen LogP contribution in [0, 0.1) is 6.92 Å². The first-order valence-corrected chi connectivity index (χ1v) is 9.02. The molecule has 0 radical (unpaired) electrons. The van der Waals surface area contributed by atoms with Gasteiger partial charge in [0.2, 0.25) is 0 Å². The van der Waals surface area contributed by atoms with E-state index in [-0.39, 0.29) is 24.8 Å². The van der Waals surface area contributed by atoms with Gasteiger partial charge < -0.3 is 10.1 Å². The molecule has 1 unspecified atom stereocenters. The van der Waals surface area contributed by atoms with Crippen LogP contribution in [0.3, 0.4) is 0 Å². The number of benzene rings is 2. The average molecular weight is 395 g/mol. The molecule has 1 saturated heterocycles. The molecule has 4 rings (SSSR count). The smallest absolute Gasteiger partial charge is 0.0703 e. The predicted molar refractivity (Wildman–Crippen MR) is 113 cm³/mol. The highest BCUT2D eigenvalue weighted by molar-refractivity contribution is 5.85. The fourth-order valence-electron chi connectivity index (χ4n) is 3.80. The summed E-state index contributed by atoms with van der Waals surface area (Å²) < 4.78 is 5.80. The summed E-state index contributed by atoms with van der Waals surface area (Å²) >= 11 is 0. The summed E-state index contributed by atoms with van der Waals surface area (Å²) in [5.41, 5.74) is 6.90. The van der Waals surface area contributed by atoms with Gasteiger partial charge in [-0.3, -0.25) is 4.90 Å². The third-order valence-electron chi connectivity index (χ3n) is 5.17. The van der Waals surface area contributed by atoms with E-state index in [1.54, 1.807) is 0 Å². The van der Waals surface area contributed by atoms with Crippen molar-refractivity contribution in [2.45, 2.75) is 45.5 Å². The molecule has 0 bridgehead atoms. The van der Waals surface area contributed by atoms with Crippen molar-refractivity contribution in [1.29, 1.82) is 0 Å². The Bertz CT molecular complexity index is 700. The van der Waals surface area contributed by atoms with Crippen molar-refractivity contribution in [3.63, 3.8) is 0 Å². The molecule has 2 aromatic carbocycles. The van der Waals surface area contributed by atoms with Gasteiger partial charge in [-0.15, -0.1) is 24.8 Å². The van der Waals surface area contributed by atoms with Crippen LogP contribution in [0.1, 0.15) is 35.1 Å². The lowest BCUT2D eigenvalue weighted by Gasteiger charge is -2.19. The summed E-state index contributed by atoms with van der Waals surface area (Å²) in [6, 6.07) is 15.4. The summed E-state index contributed by atoms with van der Waals surface area (Å²) in [6.07, 6.45) is 2.87. The van der Waals surface area contributed by atoms with Gasteiger partial charge in [-0.05, 0) is 48.6 Å². The van der Waals surface area contributed by atoms with Gasteiger partial charge in [0.05, 0.1) is 6.10 Å². The van der Waals surface area contributed by atoms with Crippen molar-refractivity contribution in [2.75, 3.05) is 18.5 Å². The van der Waals surface area contributed by atoms with Gasteiger partial charge in [0.1, 0.15) is 0 Å². The van der Waals surface area contributed by atoms with Crippen LogP contribution in [-0.2, 0) is 24.4 Å². The number of hydrogen-bond acceptors (Lipinski definition) is 3. The van der Waals surface area contributed by atoms with E-state index < -0.39 is 0 Å². The lowest BCUT2D eigenvalue weighted by Crippen LogP contribution is -2.27. The highest BCUT2D eigenvalue weighted by Crippen LogP contribution is 2.28. The van der Waals surface area contributed by atoms with Crippen LogP contribution in [0.15, 0.2) is 42.5 Å². The molecule has 0 aliphatic carbocycles. The molecule has 1 fully saturated rings. The maximum absolute atomic E-state index is 5.80. The standard InChI is InChI=1S/C21H26N2O.2ClH/c1-16-7-9-19(10-8-16)22-12-17-4-2-5-18-13-23(15-21(17)18)14-20-6-3-11-24-20;;/h2,4-5,7-10,20,22H,3,6,11-15H2,1H3;2*1H. The van der Waals surface area contributed by atoms with Crippen LogP contribution < -0.4 is 5.32 Å². The number of halogens is 2. The van der Waals surface area contributed by atoms with E-state index in [1.165, 1.54) is 40.8 Å². The van der Waals surface area contributed by atoms with E-state index in [0.29, 0.717) is 6.10 Å². The molecule has 5 heteroatoms. The molecule has 2 heterocycles. The van der Waals surface area contributed by atoms with Gasteiger partial charge >= 0.3 is 0 Å². The zero-order chi connectivity index (χ0) is 16.4. The van der Waals surface area contributed by atoms with Crippen molar-refractivity contribution in [1.82, 2.24) is 4.90 Å². The first kappa shape index (κ1) is 21.0. The van der Waals surface area contributed by atoms with Gasteiger partial charge in [0, 0.05) is 38.5 Å². The molecule has 2 aromatic rings. The molecular formula is C21H28Cl2N2O. The van der Waals surface area contributed by atoms with Crippen LogP contribution in [0.2, 0.25) is 0 Å². The summed E-state index contributed by atoms with van der Waals surface area (Å²) in [5, 5.41) is 3.56. The normalized spacial score (nSPS) is 18.7. The molecule has 3 nitrogen and oxygen atoms in total. The lowest BCUT2D eigenvalue weighted by atomic mass is 10.0. The molecule has 1 atom stereocenters. The number of rotatable bonds is 5. The molecule has 0 aromatic heterocycles. The number of ether oxygens (including phenoxy) is 1. The van der Waals surface area contributed by atoms with Crippen LogP contribution in [0.4, 0.5) is 5.69 Å². The van der Waals surface area contributed by atoms with Crippen LogP contribution >= 0.6 is 24.8 Å². The van der Waals surface area contributed by atoms with E-state index in [9.17, 15) is 0 Å². The molecule has 142 valence electrons. The zero-order valence-electron chi connectivity index (χ0n) is 15.2. The van der Waals surface area contributed by atoms with Crippen LogP contribution in [0.5, 0.6) is 0 Å². The fraction of sp³-hybridized carbons (Fsp3) is 0.429. The summed E-state index contributed by atoms with van der Waals surface area (Å²) in [5.74, 6) is 0. The number of hydrogen-bond donors (Lipinski definition) is 1. The Morgan fingerprint density at radius 2 is 1.88 bits per heavy atom. The summed E-state index contributed by atoms with van der Waals surface area (Å²) in [7, 11) is 0. The SMILES string of the molecule is Cc1ccc(NCc2cccc3c2CN(CC2CCCO2)C3)cc1.Cl.Cl. The second-order valence-electron chi connectivity index (χ2n) is 7.08. The van der Waals surface area contributed by atoms with Gasteiger partial charge in [0.15, 0.2) is 0 Å². The fourth-order valence-corrected chi connectivity index (χ4v) is 3.80. The molecule has 0 spiro atoms. The Balaban J connectivity index is 0.00000121. The van der Waals surface area contributed by atoms with E-state index in [2.05, 4.69) is 59.6 Å². The summed E-state index contributed by atoms with van der Waals surface area (Å²) in [6.45, 7) is 7.14. The Kier molecular flexibility index (Phi) is 7.78. The largest absolute Gasteiger partial charge is 0.381 e. The minimum atomic E-state index is 0. The zero-order valence-corrected chi connectivity index (χ0v) is 16.9. The Hall–Kier alpha value is -1.26. The van der Waals surface area contributed by atoms with Crippen molar-refractivity contribution in [3.8, 4) is 0 Å². The molecule has 0 saturated carbocycles. The monoisotopic (exact) mass is 394 g/mol. The predicted octanol–water partition coefficient (Wildman–Crippen LogP) is 4.95. The quantitative estimate of drug-likeness (QED) is 0.776. The van der Waals surface area contributed by atoms with Crippen molar-refractivity contribution >= 4 is 30.5 Å². The number of aryl methyl sites for hydroxylation is 1. The Morgan fingerprint density at radius 3 is 2.62 bits per heavy atom. The molecular weight excluding hydrogens is 367 g/mol. The van der Waals surface area contributed by atoms with Crippen molar-refractivity contribution < 1.29 is 4.74 Å². The number of anilines is 1. The van der Waals surface area contributed by atoms with E-state index in [0.717, 1.165) is 32.8 Å². The second-order valence-corrected chi connectivity index (χ2v) is 7.08. The van der Waals surface area contributed by atoms with Gasteiger partial charge in [0.25, 0.3) is 0 Å². The third kappa shape index (κ3) is 4.92. The van der Waals surface area contributed by atoms with E-state index in [1.807, 2.05) is 0 Å². The summed E-state index contributed by atoms with van der Waals surface area (Å²) in [4.78, 5) is 2.54. The maximum atomic E-state index is 5.80. The lowest BCUT2D eigenvalue weighted by molar-refractivity contribution is 0.0723. The first-order valence-electron chi connectivity index (χ1n) is 9.02. The van der Waals surface area contributed by atoms with E-state index in [4.69, 9.17) is 4.74 Å². The minimum Gasteiger partial charge on any atom is -0.381 e. The molecule has 0 amide bonds. The molecule has 2 aliphatic rings.